The van der Waals surface area contributed by atoms with E-state index in [1.807, 2.05) is 0 Å². The van der Waals surface area contributed by atoms with Crippen molar-refractivity contribution in [2.45, 2.75) is 306 Å². The van der Waals surface area contributed by atoms with Crippen LogP contribution >= 0.6 is 0 Å². The number of carbonyl (C=O) groups excluding carboxylic acids is 4. The summed E-state index contributed by atoms with van der Waals surface area (Å²) < 4.78 is 12.6. The molecule has 0 aliphatic carbocycles. The first-order valence-corrected chi connectivity index (χ1v) is 31.2. The second-order valence-electron chi connectivity index (χ2n) is 18.0. The Bertz CT molecular complexity index is 858. The fourth-order valence-corrected chi connectivity index (χ4v) is 10.2. The number of ether oxygens (including phenoxy) is 2. The monoisotopic (exact) mass is 1000 g/mol. The second kappa shape index (κ2) is 60.7. The van der Waals surface area contributed by atoms with E-state index in [1.54, 1.807) is 0 Å². The maximum absolute atomic E-state index is 11.8. The maximum atomic E-state index is 11.8. The van der Waals surface area contributed by atoms with Gasteiger partial charge in [-0.05, 0) is 25.7 Å². The number of hydrogen-bond donors (Lipinski definition) is 0. The van der Waals surface area contributed by atoms with Crippen molar-refractivity contribution in [2.75, 3.05) is 13.2 Å². The Labute approximate surface area is 401 Å². The average Bonchev–Trinajstić information content (AvgIpc) is 3.26. The Kier molecular flexibility index (Phi) is 63.5. The summed E-state index contributed by atoms with van der Waals surface area (Å²) in [4.78, 5) is 43.9. The summed E-state index contributed by atoms with van der Waals surface area (Å²) in [5.41, 5.74) is 0. The van der Waals surface area contributed by atoms with Gasteiger partial charge >= 0.3 is 177 Å². The summed E-state index contributed by atoms with van der Waals surface area (Å²) in [5.74, 6) is -1.92. The molecule has 0 N–H and O–H groups in total. The van der Waals surface area contributed by atoms with Crippen molar-refractivity contribution < 1.29 is 38.9 Å². The Morgan fingerprint density at radius 2 is 0.508 bits per heavy atom. The van der Waals surface area contributed by atoms with Gasteiger partial charge in [-0.2, -0.15) is 0 Å². The SMILES string of the molecule is CCCCCCCCCCCC(=O)[O-].CCCCCCCCCCCC(=O)[O-].CCCCCCCCCCCCOC(=O)C[CH2][Sn+2][CH2]CC(=O)OCCCCCCCCCCCC. The molecular weight excluding hydrogens is 895 g/mol. The smallest absolute Gasteiger partial charge is 0.0654 e. The number of aliphatic carboxylic acids is 2. The Hall–Kier alpha value is -1.32. The third-order valence-electron chi connectivity index (χ3n) is 11.5. The summed E-state index contributed by atoms with van der Waals surface area (Å²) in [6.45, 7) is 10.1. The molecule has 0 aromatic rings. The first kappa shape index (κ1) is 66.0. The molecule has 0 fully saturated rings. The van der Waals surface area contributed by atoms with Gasteiger partial charge in [0.1, 0.15) is 0 Å². The van der Waals surface area contributed by atoms with Crippen LogP contribution in [0.2, 0.25) is 8.87 Å². The standard InChI is InChI=1S/2C15H29O2.2C12H24O2.Sn/c2*1-3-5-6-7-8-9-10-11-12-13-14-17-15(16)4-2;2*1-2-3-4-5-6-7-8-9-10-11-12(13)14;/h2*2-14H2,1H3;2*2-11H2,1H3,(H,13,14);/q;;;;+2/p-2. The van der Waals surface area contributed by atoms with Crippen LogP contribution in [0.15, 0.2) is 0 Å². The zero-order valence-electron chi connectivity index (χ0n) is 42.3. The average molecular weight is 1000 g/mol. The van der Waals surface area contributed by atoms with Crippen molar-refractivity contribution in [1.82, 2.24) is 0 Å². The van der Waals surface area contributed by atoms with Crippen molar-refractivity contribution in [3.05, 3.63) is 0 Å². The molecule has 0 aromatic carbocycles. The van der Waals surface area contributed by atoms with E-state index in [9.17, 15) is 29.4 Å². The molecule has 372 valence electrons. The van der Waals surface area contributed by atoms with Crippen LogP contribution in [0.4, 0.5) is 0 Å². The Morgan fingerprint density at radius 1 is 0.302 bits per heavy atom. The number of carboxylic acids is 2. The third-order valence-corrected chi connectivity index (χ3v) is 14.9. The van der Waals surface area contributed by atoms with Crippen LogP contribution in [-0.4, -0.2) is 58.2 Å². The number of esters is 2. The topological polar surface area (TPSA) is 133 Å². The molecule has 0 unspecified atom stereocenters. The van der Waals surface area contributed by atoms with Crippen molar-refractivity contribution in [1.29, 1.82) is 0 Å². The molecule has 0 bridgehead atoms. The molecule has 0 heterocycles. The molecule has 0 saturated carbocycles. The van der Waals surface area contributed by atoms with Crippen LogP contribution < -0.4 is 10.2 Å². The van der Waals surface area contributed by atoms with E-state index < -0.39 is 33.1 Å². The summed E-state index contributed by atoms with van der Waals surface area (Å²) in [6, 6.07) is 0. The van der Waals surface area contributed by atoms with Gasteiger partial charge in [-0.15, -0.1) is 0 Å². The summed E-state index contributed by atoms with van der Waals surface area (Å²) >= 11 is -0.658. The van der Waals surface area contributed by atoms with Gasteiger partial charge in [0.05, 0.1) is 0 Å². The zero-order valence-corrected chi connectivity index (χ0v) is 45.1. The van der Waals surface area contributed by atoms with Crippen molar-refractivity contribution >= 4 is 45.0 Å². The van der Waals surface area contributed by atoms with Crippen LogP contribution in [0.3, 0.4) is 0 Å². The molecule has 0 aliphatic heterocycles. The minimum Gasteiger partial charge on any atom is -0.0654 e. The van der Waals surface area contributed by atoms with Crippen LogP contribution in [0, 0.1) is 0 Å². The predicted molar refractivity (Wildman–Crippen MR) is 264 cm³/mol. The van der Waals surface area contributed by atoms with Crippen LogP contribution in [0.5, 0.6) is 0 Å². The number of carboxylic acid groups (broad SMARTS) is 2. The fraction of sp³-hybridized carbons (Fsp3) is 0.926. The summed E-state index contributed by atoms with van der Waals surface area (Å²) in [5, 5.41) is 20.2. The van der Waals surface area contributed by atoms with E-state index in [0.717, 1.165) is 47.4 Å². The molecule has 0 saturated heterocycles. The molecule has 0 aromatic heterocycles. The van der Waals surface area contributed by atoms with Gasteiger partial charge in [0.25, 0.3) is 0 Å². The van der Waals surface area contributed by atoms with E-state index >= 15 is 0 Å². The molecule has 0 aliphatic rings. The predicted octanol–water partition coefficient (Wildman–Crippen LogP) is 14.5. The van der Waals surface area contributed by atoms with Gasteiger partial charge in [-0.1, -0.05) is 169 Å². The Balaban J connectivity index is -0.00000105. The van der Waals surface area contributed by atoms with Gasteiger partial charge in [0, 0.05) is 11.9 Å². The number of unbranched alkanes of at least 4 members (excludes halogenated alkanes) is 34. The van der Waals surface area contributed by atoms with E-state index in [2.05, 4.69) is 27.7 Å². The molecule has 0 amide bonds. The van der Waals surface area contributed by atoms with Gasteiger partial charge < -0.3 is 19.8 Å². The summed E-state index contributed by atoms with van der Waals surface area (Å²) in [6.07, 6.45) is 49.2. The van der Waals surface area contributed by atoms with Crippen LogP contribution in [0.1, 0.15) is 297 Å². The molecule has 0 atom stereocenters. The molecule has 0 spiro atoms. The molecule has 0 rings (SSSR count). The third kappa shape index (κ3) is 69.9. The molecule has 9 heteroatoms. The minimum absolute atomic E-state index is 0.0506. The van der Waals surface area contributed by atoms with Crippen LogP contribution in [-0.2, 0) is 28.7 Å². The number of hydrogen-bond acceptors (Lipinski definition) is 8. The summed E-state index contributed by atoms with van der Waals surface area (Å²) in [7, 11) is 0. The molecule has 8 nitrogen and oxygen atoms in total. The fourth-order valence-electron chi connectivity index (χ4n) is 7.36. The van der Waals surface area contributed by atoms with Crippen molar-refractivity contribution in [3.8, 4) is 0 Å². The first-order chi connectivity index (χ1) is 30.7. The Morgan fingerprint density at radius 3 is 0.730 bits per heavy atom. The van der Waals surface area contributed by atoms with Crippen LogP contribution in [0.25, 0.3) is 0 Å². The number of carbonyl (C=O) groups is 4. The number of rotatable bonds is 48. The first-order valence-electron chi connectivity index (χ1n) is 27.2. The van der Waals surface area contributed by atoms with Crippen molar-refractivity contribution in [2.24, 2.45) is 0 Å². The van der Waals surface area contributed by atoms with E-state index in [1.165, 1.54) is 205 Å². The second-order valence-corrected chi connectivity index (χ2v) is 22.2. The van der Waals surface area contributed by atoms with Gasteiger partial charge in [-0.3, -0.25) is 0 Å². The molecule has 63 heavy (non-hydrogen) atoms. The zero-order chi connectivity index (χ0) is 47.0. The molecular formula is C54H104O8Sn. The van der Waals surface area contributed by atoms with Gasteiger partial charge in [-0.25, -0.2) is 0 Å². The quantitative estimate of drug-likeness (QED) is 0.0334. The molecule has 0 radical (unpaired) electrons. The normalized spacial score (nSPS) is 10.6. The minimum atomic E-state index is -0.909. The van der Waals surface area contributed by atoms with E-state index in [4.69, 9.17) is 9.47 Å². The van der Waals surface area contributed by atoms with Gasteiger partial charge in [0.2, 0.25) is 0 Å². The van der Waals surface area contributed by atoms with E-state index in [0.29, 0.717) is 26.1 Å². The van der Waals surface area contributed by atoms with Gasteiger partial charge in [0.15, 0.2) is 0 Å². The van der Waals surface area contributed by atoms with Crippen molar-refractivity contribution in [3.63, 3.8) is 0 Å². The van der Waals surface area contributed by atoms with E-state index in [-0.39, 0.29) is 24.8 Å².